The van der Waals surface area contributed by atoms with Crippen LogP contribution in [0.15, 0.2) is 72.8 Å². The number of carbonyl (C=O) groups is 1. The zero-order valence-electron chi connectivity index (χ0n) is 19.2. The fraction of sp³-hybridized carbons (Fsp3) is 0.0800. The molecule has 0 aliphatic heterocycles. The molecule has 37 heavy (non-hydrogen) atoms. The number of carbonyl (C=O) groups excluding carboxylic acids is 1. The minimum absolute atomic E-state index is 0.0649. The topological polar surface area (TPSA) is 112 Å². The van der Waals surface area contributed by atoms with Crippen molar-refractivity contribution in [3.8, 4) is 27.5 Å². The van der Waals surface area contributed by atoms with E-state index in [4.69, 9.17) is 5.73 Å². The standard InChI is InChI=1S/C25H18F3N7OS/c1-14-12-35(13-32-14)18-9-15(8-16(10-18)25(26,27)28)20-11-17(2-3-19(20)22(29)36)33-24-31-5-4-21(34-24)23-30-6-7-37-23/h2-13H,1H3,(H2,29,36)(H,31,33,34). The molecule has 0 saturated heterocycles. The van der Waals surface area contributed by atoms with E-state index in [0.29, 0.717) is 22.1 Å². The van der Waals surface area contributed by atoms with Crippen LogP contribution < -0.4 is 11.1 Å². The van der Waals surface area contributed by atoms with Crippen molar-refractivity contribution >= 4 is 28.9 Å². The summed E-state index contributed by atoms with van der Waals surface area (Å²) in [5, 5.41) is 5.58. The molecule has 186 valence electrons. The van der Waals surface area contributed by atoms with Gasteiger partial charge in [-0.3, -0.25) is 4.79 Å². The van der Waals surface area contributed by atoms with Gasteiger partial charge in [-0.25, -0.2) is 19.9 Å². The highest BCUT2D eigenvalue weighted by atomic mass is 32.1. The van der Waals surface area contributed by atoms with Gasteiger partial charge < -0.3 is 15.6 Å². The molecule has 12 heteroatoms. The van der Waals surface area contributed by atoms with Crippen LogP contribution in [0.4, 0.5) is 24.8 Å². The maximum Gasteiger partial charge on any atom is 0.416 e. The normalized spacial score (nSPS) is 11.5. The molecule has 2 aromatic carbocycles. The summed E-state index contributed by atoms with van der Waals surface area (Å²) in [6.07, 6.45) is 1.65. The first-order valence-electron chi connectivity index (χ1n) is 10.8. The number of benzene rings is 2. The molecule has 5 rings (SSSR count). The summed E-state index contributed by atoms with van der Waals surface area (Å²) < 4.78 is 42.9. The Morgan fingerprint density at radius 3 is 2.57 bits per heavy atom. The van der Waals surface area contributed by atoms with Crippen molar-refractivity contribution in [2.75, 3.05) is 5.32 Å². The second kappa shape index (κ2) is 9.47. The lowest BCUT2D eigenvalue weighted by Crippen LogP contribution is -2.13. The minimum Gasteiger partial charge on any atom is -0.366 e. The van der Waals surface area contributed by atoms with E-state index in [1.165, 1.54) is 34.4 Å². The molecular weight excluding hydrogens is 503 g/mol. The Balaban J connectivity index is 1.60. The number of hydrogen-bond donors (Lipinski definition) is 2. The van der Waals surface area contributed by atoms with Crippen LogP contribution >= 0.6 is 11.3 Å². The summed E-state index contributed by atoms with van der Waals surface area (Å²) in [6.45, 7) is 1.73. The van der Waals surface area contributed by atoms with Gasteiger partial charge >= 0.3 is 6.18 Å². The molecule has 0 bridgehead atoms. The Bertz CT molecular complexity index is 1600. The zero-order valence-corrected chi connectivity index (χ0v) is 20.0. The molecule has 0 atom stereocenters. The highest BCUT2D eigenvalue weighted by Gasteiger charge is 2.32. The van der Waals surface area contributed by atoms with Crippen molar-refractivity contribution < 1.29 is 18.0 Å². The number of nitrogens with two attached hydrogens (primary N) is 1. The maximum atomic E-state index is 13.8. The van der Waals surface area contributed by atoms with Crippen LogP contribution in [-0.4, -0.2) is 30.4 Å². The van der Waals surface area contributed by atoms with Crippen molar-refractivity contribution in [1.29, 1.82) is 0 Å². The molecule has 0 aliphatic rings. The summed E-state index contributed by atoms with van der Waals surface area (Å²) in [7, 11) is 0. The van der Waals surface area contributed by atoms with Crippen molar-refractivity contribution in [1.82, 2.24) is 24.5 Å². The Morgan fingerprint density at radius 1 is 1.05 bits per heavy atom. The average molecular weight is 522 g/mol. The molecule has 0 unspecified atom stereocenters. The smallest absolute Gasteiger partial charge is 0.366 e. The van der Waals surface area contributed by atoms with Gasteiger partial charge in [-0.2, -0.15) is 13.2 Å². The molecule has 0 spiro atoms. The van der Waals surface area contributed by atoms with E-state index in [2.05, 4.69) is 25.3 Å². The van der Waals surface area contributed by atoms with Crippen molar-refractivity contribution in [2.24, 2.45) is 5.73 Å². The second-order valence-electron chi connectivity index (χ2n) is 8.04. The van der Waals surface area contributed by atoms with Gasteiger partial charge in [-0.15, -0.1) is 11.3 Å². The van der Waals surface area contributed by atoms with Gasteiger partial charge in [0.1, 0.15) is 10.7 Å². The number of imidazole rings is 1. The van der Waals surface area contributed by atoms with Crippen LogP contribution in [0.5, 0.6) is 0 Å². The summed E-state index contributed by atoms with van der Waals surface area (Å²) in [5.74, 6) is -0.523. The number of hydrogen-bond acceptors (Lipinski definition) is 7. The molecule has 5 aromatic rings. The fourth-order valence-corrected chi connectivity index (χ4v) is 4.34. The van der Waals surface area contributed by atoms with Gasteiger partial charge in [0.25, 0.3) is 0 Å². The number of amides is 1. The molecule has 3 N–H and O–H groups in total. The lowest BCUT2D eigenvalue weighted by atomic mass is 9.96. The molecule has 0 saturated carbocycles. The molecule has 0 aliphatic carbocycles. The van der Waals surface area contributed by atoms with Crippen LogP contribution in [0.25, 0.3) is 27.5 Å². The number of thiazole rings is 1. The van der Waals surface area contributed by atoms with Crippen LogP contribution in [0.1, 0.15) is 21.6 Å². The monoisotopic (exact) mass is 521 g/mol. The number of aromatic nitrogens is 5. The number of nitrogens with one attached hydrogen (secondary N) is 1. The Kier molecular flexibility index (Phi) is 6.17. The van der Waals surface area contributed by atoms with Crippen LogP contribution in [0.2, 0.25) is 0 Å². The van der Waals surface area contributed by atoms with E-state index in [1.54, 1.807) is 43.7 Å². The first-order valence-corrected chi connectivity index (χ1v) is 11.7. The van der Waals surface area contributed by atoms with Crippen molar-refractivity contribution in [3.63, 3.8) is 0 Å². The summed E-state index contributed by atoms with van der Waals surface area (Å²) >= 11 is 1.42. The van der Waals surface area contributed by atoms with Crippen LogP contribution in [-0.2, 0) is 6.18 Å². The highest BCUT2D eigenvalue weighted by Crippen LogP contribution is 2.36. The number of halogens is 3. The van der Waals surface area contributed by atoms with E-state index < -0.39 is 17.6 Å². The number of primary amides is 1. The fourth-order valence-electron chi connectivity index (χ4n) is 3.73. The van der Waals surface area contributed by atoms with E-state index >= 15 is 0 Å². The number of anilines is 2. The van der Waals surface area contributed by atoms with Gasteiger partial charge in [-0.05, 0) is 60.5 Å². The third kappa shape index (κ3) is 5.19. The first-order chi connectivity index (χ1) is 17.7. The molecule has 1 amide bonds. The van der Waals surface area contributed by atoms with Crippen molar-refractivity contribution in [2.45, 2.75) is 13.1 Å². The second-order valence-corrected chi connectivity index (χ2v) is 8.94. The maximum absolute atomic E-state index is 13.8. The number of alkyl halides is 3. The predicted molar refractivity (Wildman–Crippen MR) is 134 cm³/mol. The first kappa shape index (κ1) is 24.1. The van der Waals surface area contributed by atoms with E-state index in [9.17, 15) is 18.0 Å². The van der Waals surface area contributed by atoms with E-state index in [-0.39, 0.29) is 28.3 Å². The zero-order chi connectivity index (χ0) is 26.2. The van der Waals surface area contributed by atoms with Gasteiger partial charge in [0.05, 0.1) is 17.6 Å². The Morgan fingerprint density at radius 2 is 1.89 bits per heavy atom. The molecule has 0 fully saturated rings. The van der Waals surface area contributed by atoms with E-state index in [1.807, 2.05) is 5.38 Å². The van der Waals surface area contributed by atoms with Gasteiger partial charge in [0.2, 0.25) is 11.9 Å². The number of nitrogens with zero attached hydrogens (tertiary/aromatic N) is 5. The predicted octanol–water partition coefficient (Wildman–Crippen LogP) is 5.62. The highest BCUT2D eigenvalue weighted by molar-refractivity contribution is 7.13. The Labute approximate surface area is 212 Å². The largest absolute Gasteiger partial charge is 0.416 e. The lowest BCUT2D eigenvalue weighted by molar-refractivity contribution is -0.137. The molecule has 0 radical (unpaired) electrons. The average Bonchev–Trinajstić information content (AvgIpc) is 3.55. The summed E-state index contributed by atoms with van der Waals surface area (Å²) in [4.78, 5) is 29.2. The third-order valence-corrected chi connectivity index (χ3v) is 6.21. The van der Waals surface area contributed by atoms with E-state index in [0.717, 1.165) is 12.1 Å². The summed E-state index contributed by atoms with van der Waals surface area (Å²) in [5.41, 5.74) is 7.09. The number of aryl methyl sites for hydroxylation is 1. The molecule has 3 aromatic heterocycles. The molecule has 3 heterocycles. The Hall–Kier alpha value is -4.58. The molecule has 8 nitrogen and oxygen atoms in total. The van der Waals surface area contributed by atoms with Crippen LogP contribution in [0, 0.1) is 6.92 Å². The quantitative estimate of drug-likeness (QED) is 0.300. The molecular formula is C25H18F3N7OS. The summed E-state index contributed by atoms with van der Waals surface area (Å²) in [6, 6.07) is 9.84. The van der Waals surface area contributed by atoms with Gasteiger partial charge in [0, 0.05) is 40.9 Å². The third-order valence-electron chi connectivity index (χ3n) is 5.41. The van der Waals surface area contributed by atoms with Crippen molar-refractivity contribution in [3.05, 3.63) is 89.6 Å². The lowest BCUT2D eigenvalue weighted by Gasteiger charge is -2.16. The van der Waals surface area contributed by atoms with Gasteiger partial charge in [-0.1, -0.05) is 0 Å². The minimum atomic E-state index is -4.62. The SMILES string of the molecule is Cc1cn(-c2cc(-c3cc(Nc4nccc(-c5nccs5)n4)ccc3C(N)=O)cc(C(F)(F)F)c2)cn1. The number of rotatable bonds is 6. The van der Waals surface area contributed by atoms with Gasteiger partial charge in [0.15, 0.2) is 0 Å². The van der Waals surface area contributed by atoms with Crippen LogP contribution in [0.3, 0.4) is 0 Å².